The van der Waals surface area contributed by atoms with Crippen LogP contribution in [0.5, 0.6) is 0 Å². The number of carboxylic acids is 1. The first-order chi connectivity index (χ1) is 10.0. The van der Waals surface area contributed by atoms with Crippen molar-refractivity contribution in [3.8, 4) is 0 Å². The number of carbonyl (C=O) groups excluding carboxylic acids is 1. The molecule has 4 nitrogen and oxygen atoms in total. The Morgan fingerprint density at radius 3 is 2.86 bits per heavy atom. The number of rotatable bonds is 2. The Morgan fingerprint density at radius 1 is 1.38 bits per heavy atom. The molecule has 1 saturated carbocycles. The Labute approximate surface area is 124 Å². The molecule has 2 atom stereocenters. The molecule has 1 amide bonds. The molecule has 0 saturated heterocycles. The van der Waals surface area contributed by atoms with Crippen molar-refractivity contribution in [3.63, 3.8) is 0 Å². The molecule has 2 aliphatic rings. The Morgan fingerprint density at radius 2 is 2.14 bits per heavy atom. The largest absolute Gasteiger partial charge is 0.479 e. The minimum Gasteiger partial charge on any atom is -0.479 e. The van der Waals surface area contributed by atoms with Gasteiger partial charge in [-0.3, -0.25) is 4.79 Å². The summed E-state index contributed by atoms with van der Waals surface area (Å²) in [5.41, 5.74) is 0.688. The van der Waals surface area contributed by atoms with E-state index in [-0.39, 0.29) is 5.91 Å². The van der Waals surface area contributed by atoms with Crippen molar-refractivity contribution in [3.05, 3.63) is 35.4 Å². The topological polar surface area (TPSA) is 57.6 Å². The monoisotopic (exact) mass is 287 g/mol. The van der Waals surface area contributed by atoms with Gasteiger partial charge in [0.05, 0.1) is 0 Å². The number of hydrogen-bond donors (Lipinski definition) is 1. The lowest BCUT2D eigenvalue weighted by Crippen LogP contribution is -2.60. The first-order valence-electron chi connectivity index (χ1n) is 7.68. The summed E-state index contributed by atoms with van der Waals surface area (Å²) in [7, 11) is 0. The zero-order chi connectivity index (χ0) is 15.0. The average molecular weight is 287 g/mol. The van der Waals surface area contributed by atoms with E-state index in [9.17, 15) is 14.7 Å². The lowest BCUT2D eigenvalue weighted by Gasteiger charge is -2.46. The molecule has 112 valence electrons. The minimum absolute atomic E-state index is 0.117. The first-order valence-corrected chi connectivity index (χ1v) is 7.68. The van der Waals surface area contributed by atoms with Crippen molar-refractivity contribution in [2.45, 2.75) is 44.6 Å². The second-order valence-corrected chi connectivity index (χ2v) is 6.40. The fourth-order valence-electron chi connectivity index (χ4n) is 3.91. The van der Waals surface area contributed by atoms with E-state index in [0.717, 1.165) is 24.8 Å². The molecule has 0 radical (unpaired) electrons. The number of amides is 1. The number of carboxylic acid groups (broad SMARTS) is 1. The predicted octanol–water partition coefficient (Wildman–Crippen LogP) is 2.72. The molecule has 3 rings (SSSR count). The molecule has 1 aliphatic heterocycles. The molecule has 1 N–H and O–H groups in total. The molecule has 0 spiro atoms. The molecule has 1 fully saturated rings. The molecule has 2 unspecified atom stereocenters. The van der Waals surface area contributed by atoms with E-state index in [1.54, 1.807) is 4.90 Å². The fourth-order valence-corrected chi connectivity index (χ4v) is 3.91. The molecular weight excluding hydrogens is 266 g/mol. The fraction of sp³-hybridized carbons (Fsp3) is 0.529. The zero-order valence-corrected chi connectivity index (χ0v) is 12.3. The summed E-state index contributed by atoms with van der Waals surface area (Å²) in [6.45, 7) is 2.59. The van der Waals surface area contributed by atoms with E-state index in [1.165, 1.54) is 0 Å². The Hall–Kier alpha value is -1.84. The van der Waals surface area contributed by atoms with Crippen LogP contribution in [0, 0.1) is 5.92 Å². The average Bonchev–Trinajstić information content (AvgIpc) is 2.47. The Bertz CT molecular complexity index is 583. The molecular formula is C17H21NO3. The van der Waals surface area contributed by atoms with Gasteiger partial charge in [0, 0.05) is 12.1 Å². The van der Waals surface area contributed by atoms with Gasteiger partial charge in [-0.2, -0.15) is 0 Å². The third kappa shape index (κ3) is 2.23. The van der Waals surface area contributed by atoms with Crippen molar-refractivity contribution >= 4 is 11.9 Å². The van der Waals surface area contributed by atoms with Gasteiger partial charge in [-0.25, -0.2) is 4.79 Å². The minimum atomic E-state index is -1.01. The predicted molar refractivity (Wildman–Crippen MR) is 79.2 cm³/mol. The highest BCUT2D eigenvalue weighted by Crippen LogP contribution is 2.39. The van der Waals surface area contributed by atoms with Crippen LogP contribution in [0.1, 0.15) is 48.5 Å². The van der Waals surface area contributed by atoms with Crippen molar-refractivity contribution in [2.75, 3.05) is 6.54 Å². The smallest absolute Gasteiger partial charge is 0.329 e. The normalized spacial score (nSPS) is 29.1. The summed E-state index contributed by atoms with van der Waals surface area (Å²) in [4.78, 5) is 26.4. The standard InChI is InChI=1S/C17H21NO3/c1-12-5-4-9-17(11-12,16(20)21)18-10-8-13-6-2-3-7-14(13)15(18)19/h2-3,6-7,12H,4-5,8-11H2,1H3,(H,20,21). The Kier molecular flexibility index (Phi) is 3.47. The van der Waals surface area contributed by atoms with Crippen LogP contribution < -0.4 is 0 Å². The maximum atomic E-state index is 12.8. The molecule has 1 aliphatic carbocycles. The van der Waals surface area contributed by atoms with E-state index >= 15 is 0 Å². The summed E-state index contributed by atoms with van der Waals surface area (Å²) < 4.78 is 0. The van der Waals surface area contributed by atoms with Gasteiger partial charge >= 0.3 is 5.97 Å². The van der Waals surface area contributed by atoms with Gasteiger partial charge in [-0.15, -0.1) is 0 Å². The van der Waals surface area contributed by atoms with Crippen LogP contribution in [-0.2, 0) is 11.2 Å². The molecule has 0 bridgehead atoms. The lowest BCUT2D eigenvalue weighted by atomic mass is 9.74. The highest BCUT2D eigenvalue weighted by atomic mass is 16.4. The molecule has 1 aromatic carbocycles. The van der Waals surface area contributed by atoms with Gasteiger partial charge in [-0.05, 0) is 36.8 Å². The van der Waals surface area contributed by atoms with E-state index in [0.29, 0.717) is 30.9 Å². The van der Waals surface area contributed by atoms with Crippen molar-refractivity contribution in [1.29, 1.82) is 0 Å². The van der Waals surface area contributed by atoms with Crippen molar-refractivity contribution in [2.24, 2.45) is 5.92 Å². The van der Waals surface area contributed by atoms with Gasteiger partial charge in [-0.1, -0.05) is 38.0 Å². The Balaban J connectivity index is 1.99. The molecule has 1 heterocycles. The maximum Gasteiger partial charge on any atom is 0.329 e. The van der Waals surface area contributed by atoms with Crippen LogP contribution >= 0.6 is 0 Å². The van der Waals surface area contributed by atoms with E-state index in [4.69, 9.17) is 0 Å². The van der Waals surface area contributed by atoms with Crippen LogP contribution in [0.4, 0.5) is 0 Å². The number of benzene rings is 1. The molecule has 4 heteroatoms. The summed E-state index contributed by atoms with van der Waals surface area (Å²) >= 11 is 0. The number of nitrogens with zero attached hydrogens (tertiary/aromatic N) is 1. The molecule has 0 aromatic heterocycles. The third-order valence-corrected chi connectivity index (χ3v) is 4.99. The van der Waals surface area contributed by atoms with Crippen LogP contribution in [-0.4, -0.2) is 34.0 Å². The van der Waals surface area contributed by atoms with Gasteiger partial charge in [0.2, 0.25) is 0 Å². The molecule has 21 heavy (non-hydrogen) atoms. The van der Waals surface area contributed by atoms with Crippen LogP contribution in [0.15, 0.2) is 24.3 Å². The second kappa shape index (κ2) is 5.17. The molecule has 1 aromatic rings. The number of carbonyl (C=O) groups is 2. The maximum absolute atomic E-state index is 12.8. The van der Waals surface area contributed by atoms with Gasteiger partial charge in [0.1, 0.15) is 5.54 Å². The highest BCUT2D eigenvalue weighted by molar-refractivity contribution is 6.00. The van der Waals surface area contributed by atoms with E-state index in [1.807, 2.05) is 24.3 Å². The van der Waals surface area contributed by atoms with E-state index < -0.39 is 11.5 Å². The first kappa shape index (κ1) is 14.1. The van der Waals surface area contributed by atoms with Crippen LogP contribution in [0.2, 0.25) is 0 Å². The number of fused-ring (bicyclic) bond motifs is 1. The lowest BCUT2D eigenvalue weighted by molar-refractivity contribution is -0.153. The quantitative estimate of drug-likeness (QED) is 0.910. The van der Waals surface area contributed by atoms with Gasteiger partial charge < -0.3 is 10.0 Å². The van der Waals surface area contributed by atoms with E-state index in [2.05, 4.69) is 6.92 Å². The van der Waals surface area contributed by atoms with Crippen LogP contribution in [0.3, 0.4) is 0 Å². The van der Waals surface area contributed by atoms with Crippen molar-refractivity contribution in [1.82, 2.24) is 4.90 Å². The summed E-state index contributed by atoms with van der Waals surface area (Å²) in [5, 5.41) is 9.83. The van der Waals surface area contributed by atoms with Crippen molar-refractivity contribution < 1.29 is 14.7 Å². The summed E-state index contributed by atoms with van der Waals surface area (Å²) in [5.74, 6) is -0.616. The van der Waals surface area contributed by atoms with Crippen LogP contribution in [0.25, 0.3) is 0 Å². The van der Waals surface area contributed by atoms with Gasteiger partial charge in [0.25, 0.3) is 5.91 Å². The highest BCUT2D eigenvalue weighted by Gasteiger charge is 2.49. The third-order valence-electron chi connectivity index (χ3n) is 4.99. The SMILES string of the molecule is CC1CCCC(C(=O)O)(N2CCc3ccccc3C2=O)C1. The number of hydrogen-bond acceptors (Lipinski definition) is 2. The summed E-state index contributed by atoms with van der Waals surface area (Å²) in [6, 6.07) is 7.54. The van der Waals surface area contributed by atoms with Gasteiger partial charge in [0.15, 0.2) is 0 Å². The second-order valence-electron chi connectivity index (χ2n) is 6.40. The summed E-state index contributed by atoms with van der Waals surface area (Å²) in [6.07, 6.45) is 3.80. The number of aliphatic carboxylic acids is 1. The zero-order valence-electron chi connectivity index (χ0n) is 12.3.